The average Bonchev–Trinajstić information content (AvgIpc) is 3.16. The van der Waals surface area contributed by atoms with Crippen LogP contribution in [0.15, 0.2) is 41.2 Å². The summed E-state index contributed by atoms with van der Waals surface area (Å²) in [5.74, 6) is -0.101. The van der Waals surface area contributed by atoms with Crippen molar-refractivity contribution >= 4 is 27.5 Å². The van der Waals surface area contributed by atoms with Crippen LogP contribution < -0.4 is 5.56 Å². The molecule has 0 bridgehead atoms. The number of carbonyl (C=O) groups excluding carboxylic acids is 1. The van der Waals surface area contributed by atoms with Crippen LogP contribution in [0.5, 0.6) is 0 Å². The number of aryl methyl sites for hydroxylation is 3. The fourth-order valence-corrected chi connectivity index (χ4v) is 4.57. The van der Waals surface area contributed by atoms with Crippen molar-refractivity contribution in [3.05, 3.63) is 80.0 Å². The van der Waals surface area contributed by atoms with Gasteiger partial charge in [0.15, 0.2) is 0 Å². The minimum Gasteiger partial charge on any atom is -0.454 e. The molecule has 1 N–H and O–H groups in total. The van der Waals surface area contributed by atoms with Crippen molar-refractivity contribution in [2.45, 2.75) is 34.3 Å². The van der Waals surface area contributed by atoms with Gasteiger partial charge in [0.05, 0.1) is 10.9 Å². The van der Waals surface area contributed by atoms with Gasteiger partial charge < -0.3 is 14.3 Å². The number of hydrogen-bond donors (Lipinski definition) is 1. The van der Waals surface area contributed by atoms with E-state index in [-0.39, 0.29) is 12.2 Å². The third kappa shape index (κ3) is 3.38. The van der Waals surface area contributed by atoms with Crippen LogP contribution in [0.2, 0.25) is 0 Å². The molecule has 0 unspecified atom stereocenters. The molecule has 1 aromatic carbocycles. The number of esters is 1. The quantitative estimate of drug-likeness (QED) is 0.510. The van der Waals surface area contributed by atoms with Crippen molar-refractivity contribution in [1.82, 2.24) is 14.5 Å². The smallest absolute Gasteiger partial charge is 0.340 e. The number of ether oxygens (including phenoxy) is 1. The van der Waals surface area contributed by atoms with Gasteiger partial charge in [0.2, 0.25) is 0 Å². The summed E-state index contributed by atoms with van der Waals surface area (Å²) in [4.78, 5) is 34.0. The van der Waals surface area contributed by atoms with E-state index >= 15 is 0 Å². The molecule has 4 aromatic rings. The molecular weight excluding hydrogens is 386 g/mol. The summed E-state index contributed by atoms with van der Waals surface area (Å²) in [5, 5.41) is 0.606. The molecule has 0 spiro atoms. The number of nitrogens with zero attached hydrogens (tertiary/aromatic N) is 2. The normalized spacial score (nSPS) is 11.2. The third-order valence-corrected chi connectivity index (χ3v) is 6.19. The number of fused-ring (bicyclic) bond motifs is 1. The van der Waals surface area contributed by atoms with Crippen molar-refractivity contribution in [2.24, 2.45) is 0 Å². The molecule has 29 heavy (non-hydrogen) atoms. The fraction of sp³-hybridized carbons (Fsp3) is 0.227. The first kappa shape index (κ1) is 19.1. The van der Waals surface area contributed by atoms with Gasteiger partial charge in [-0.15, -0.1) is 11.3 Å². The molecule has 0 atom stereocenters. The van der Waals surface area contributed by atoms with E-state index in [0.29, 0.717) is 21.6 Å². The summed E-state index contributed by atoms with van der Waals surface area (Å²) < 4.78 is 7.47. The van der Waals surface area contributed by atoms with Crippen LogP contribution >= 0.6 is 11.3 Å². The number of para-hydroxylation sites is 1. The van der Waals surface area contributed by atoms with Gasteiger partial charge in [-0.2, -0.15) is 0 Å². The minimum absolute atomic E-state index is 0.0883. The summed E-state index contributed by atoms with van der Waals surface area (Å²) in [6.45, 7) is 7.62. The largest absolute Gasteiger partial charge is 0.454 e. The van der Waals surface area contributed by atoms with Crippen molar-refractivity contribution in [3.63, 3.8) is 0 Å². The van der Waals surface area contributed by atoms with Crippen molar-refractivity contribution < 1.29 is 9.53 Å². The van der Waals surface area contributed by atoms with E-state index in [4.69, 9.17) is 4.74 Å². The number of carbonyl (C=O) groups is 1. The standard InChI is InChI=1S/C22H21N3O3S/c1-12-10-17(14(3)25(12)16-8-6-5-7-9-16)22(27)28-11-18-23-20(26)19-13(2)15(4)29-21(19)24-18/h5-10H,11H2,1-4H3,(H,23,24,26). The molecule has 0 saturated carbocycles. The molecule has 0 amide bonds. The van der Waals surface area contributed by atoms with E-state index < -0.39 is 5.97 Å². The molecule has 3 aromatic heterocycles. The minimum atomic E-state index is -0.443. The zero-order valence-corrected chi connectivity index (χ0v) is 17.5. The van der Waals surface area contributed by atoms with Crippen molar-refractivity contribution in [3.8, 4) is 5.69 Å². The maximum Gasteiger partial charge on any atom is 0.340 e. The Labute approximate surface area is 171 Å². The molecular formula is C22H21N3O3S. The second-order valence-corrected chi connectivity index (χ2v) is 8.21. The Kier molecular flexibility index (Phi) is 4.84. The predicted octanol–water partition coefficient (Wildman–Crippen LogP) is 4.37. The van der Waals surface area contributed by atoms with Crippen molar-refractivity contribution in [2.75, 3.05) is 0 Å². The Morgan fingerprint density at radius 1 is 1.17 bits per heavy atom. The zero-order valence-electron chi connectivity index (χ0n) is 16.7. The molecule has 4 rings (SSSR count). The molecule has 6 nitrogen and oxygen atoms in total. The van der Waals surface area contributed by atoms with Crippen LogP contribution in [-0.2, 0) is 11.3 Å². The summed E-state index contributed by atoms with van der Waals surface area (Å²) >= 11 is 1.47. The molecule has 3 heterocycles. The highest BCUT2D eigenvalue weighted by Crippen LogP contribution is 2.26. The van der Waals surface area contributed by atoms with Gasteiger partial charge in [-0.3, -0.25) is 4.79 Å². The van der Waals surface area contributed by atoms with Crippen molar-refractivity contribution in [1.29, 1.82) is 0 Å². The van der Waals surface area contributed by atoms with Gasteiger partial charge >= 0.3 is 5.97 Å². The van der Waals surface area contributed by atoms with Gasteiger partial charge in [-0.25, -0.2) is 9.78 Å². The van der Waals surface area contributed by atoms with Crippen LogP contribution in [0.25, 0.3) is 15.9 Å². The molecule has 0 radical (unpaired) electrons. The first-order valence-electron chi connectivity index (χ1n) is 9.27. The number of hydrogen-bond acceptors (Lipinski definition) is 5. The van der Waals surface area contributed by atoms with Crippen LogP contribution in [-0.4, -0.2) is 20.5 Å². The second-order valence-electron chi connectivity index (χ2n) is 7.01. The summed E-state index contributed by atoms with van der Waals surface area (Å²) in [5.41, 5.74) is 3.97. The molecule has 0 aliphatic carbocycles. The first-order valence-corrected chi connectivity index (χ1v) is 10.1. The van der Waals surface area contributed by atoms with E-state index in [1.807, 2.05) is 68.7 Å². The molecule has 7 heteroatoms. The Hall–Kier alpha value is -3.19. The second kappa shape index (κ2) is 7.33. The van der Waals surface area contributed by atoms with Gasteiger partial charge in [0, 0.05) is 22.0 Å². The summed E-state index contributed by atoms with van der Waals surface area (Å²) in [6, 6.07) is 11.7. The van der Waals surface area contributed by atoms with Gasteiger partial charge in [-0.05, 0) is 51.5 Å². The number of rotatable bonds is 4. The highest BCUT2D eigenvalue weighted by atomic mass is 32.1. The fourth-order valence-electron chi connectivity index (χ4n) is 3.52. The Morgan fingerprint density at radius 3 is 2.62 bits per heavy atom. The number of nitrogens with one attached hydrogen (secondary N) is 1. The SMILES string of the molecule is Cc1sc2nc(COC(=O)c3cc(C)n(-c4ccccc4)c3C)[nH]c(=O)c2c1C. The molecule has 0 aliphatic heterocycles. The first-order chi connectivity index (χ1) is 13.9. The van der Waals surface area contributed by atoms with Crippen LogP contribution in [0.1, 0.15) is 38.0 Å². The predicted molar refractivity (Wildman–Crippen MR) is 114 cm³/mol. The number of benzene rings is 1. The van der Waals surface area contributed by atoms with Crippen LogP contribution in [0.4, 0.5) is 0 Å². The maximum absolute atomic E-state index is 12.7. The van der Waals surface area contributed by atoms with Gasteiger partial charge in [0.1, 0.15) is 17.3 Å². The monoisotopic (exact) mass is 407 g/mol. The average molecular weight is 407 g/mol. The summed E-state index contributed by atoms with van der Waals surface area (Å²) in [7, 11) is 0. The molecule has 0 aliphatic rings. The maximum atomic E-state index is 12.7. The molecule has 0 fully saturated rings. The third-order valence-electron chi connectivity index (χ3n) is 5.09. The Bertz CT molecular complexity index is 1280. The number of thiophene rings is 1. The van der Waals surface area contributed by atoms with E-state index in [2.05, 4.69) is 9.97 Å². The van der Waals surface area contributed by atoms with E-state index in [1.165, 1.54) is 11.3 Å². The van der Waals surface area contributed by atoms with E-state index in [9.17, 15) is 9.59 Å². The highest BCUT2D eigenvalue weighted by Gasteiger charge is 2.19. The molecule has 148 valence electrons. The number of aromatic amines is 1. The van der Waals surface area contributed by atoms with E-state index in [0.717, 1.165) is 27.5 Å². The lowest BCUT2D eigenvalue weighted by Crippen LogP contribution is -2.14. The lowest BCUT2D eigenvalue weighted by Gasteiger charge is -2.09. The zero-order chi connectivity index (χ0) is 20.7. The summed E-state index contributed by atoms with van der Waals surface area (Å²) in [6.07, 6.45) is 0. The van der Waals surface area contributed by atoms with Gasteiger partial charge in [0.25, 0.3) is 5.56 Å². The van der Waals surface area contributed by atoms with Crippen LogP contribution in [0.3, 0.4) is 0 Å². The van der Waals surface area contributed by atoms with Crippen LogP contribution in [0, 0.1) is 27.7 Å². The Balaban J connectivity index is 1.58. The number of aromatic nitrogens is 3. The van der Waals surface area contributed by atoms with Gasteiger partial charge in [-0.1, -0.05) is 18.2 Å². The Morgan fingerprint density at radius 2 is 1.90 bits per heavy atom. The lowest BCUT2D eigenvalue weighted by molar-refractivity contribution is 0.0461. The topological polar surface area (TPSA) is 77.0 Å². The van der Waals surface area contributed by atoms with E-state index in [1.54, 1.807) is 0 Å². The lowest BCUT2D eigenvalue weighted by atomic mass is 10.2. The molecule has 0 saturated heterocycles. The number of H-pyrrole nitrogens is 1. The highest BCUT2D eigenvalue weighted by molar-refractivity contribution is 7.18.